The van der Waals surface area contributed by atoms with E-state index in [0.717, 1.165) is 22.3 Å². The molecule has 7 rings (SSSR count). The molecule has 0 spiro atoms. The number of aliphatic hydroxyl groups is 1. The standard InChI is InChI=1S/C34H27N3O5S2/c1-19-16-24-17-22(12-15-27(24)42-19)30(38)28-29(21-10-13-25(41-2)14-11-21)37(32(40)31(28)39)33-35-36-34(44-33)43-18-23-8-5-7-20-6-3-4-9-26(20)23/h3-15,17,19,29,38H,16,18H2,1-2H3/b30-28-. The molecule has 0 bridgehead atoms. The van der Waals surface area contributed by atoms with E-state index in [0.29, 0.717) is 33.4 Å². The van der Waals surface area contributed by atoms with E-state index in [2.05, 4.69) is 34.5 Å². The number of aliphatic hydroxyl groups excluding tert-OH is 1. The molecule has 1 saturated heterocycles. The Hall–Kier alpha value is -4.67. The Morgan fingerprint density at radius 2 is 1.84 bits per heavy atom. The van der Waals surface area contributed by atoms with Crippen LogP contribution in [0.15, 0.2) is 94.8 Å². The zero-order valence-corrected chi connectivity index (χ0v) is 25.5. The van der Waals surface area contributed by atoms with E-state index in [1.54, 1.807) is 43.5 Å². The topological polar surface area (TPSA) is 102 Å². The van der Waals surface area contributed by atoms with Crippen molar-refractivity contribution in [2.45, 2.75) is 35.6 Å². The minimum atomic E-state index is -0.909. The van der Waals surface area contributed by atoms with E-state index in [4.69, 9.17) is 9.47 Å². The van der Waals surface area contributed by atoms with Crippen molar-refractivity contribution in [2.24, 2.45) is 0 Å². The molecule has 1 fully saturated rings. The summed E-state index contributed by atoms with van der Waals surface area (Å²) in [5.41, 5.74) is 3.17. The second kappa shape index (κ2) is 11.4. The summed E-state index contributed by atoms with van der Waals surface area (Å²) in [6.45, 7) is 1.98. The smallest absolute Gasteiger partial charge is 0.301 e. The van der Waals surface area contributed by atoms with Crippen LogP contribution in [-0.4, -0.2) is 40.2 Å². The first-order valence-corrected chi connectivity index (χ1v) is 15.9. The van der Waals surface area contributed by atoms with Gasteiger partial charge in [0.1, 0.15) is 23.4 Å². The highest BCUT2D eigenvalue weighted by Gasteiger charge is 2.48. The van der Waals surface area contributed by atoms with Gasteiger partial charge in [0.2, 0.25) is 5.13 Å². The Kier molecular flexibility index (Phi) is 7.31. The molecule has 3 heterocycles. The molecule has 2 aliphatic rings. The van der Waals surface area contributed by atoms with E-state index in [-0.39, 0.29) is 22.6 Å². The van der Waals surface area contributed by atoms with Gasteiger partial charge in [-0.25, -0.2) is 0 Å². The fourth-order valence-corrected chi connectivity index (χ4v) is 7.64. The van der Waals surface area contributed by atoms with Gasteiger partial charge in [0, 0.05) is 17.7 Å². The summed E-state index contributed by atoms with van der Waals surface area (Å²) in [5, 5.41) is 22.9. The van der Waals surface area contributed by atoms with Crippen LogP contribution in [0.5, 0.6) is 11.5 Å². The van der Waals surface area contributed by atoms with Crippen LogP contribution in [0.25, 0.3) is 16.5 Å². The van der Waals surface area contributed by atoms with Crippen LogP contribution in [0, 0.1) is 0 Å². The molecular weight excluding hydrogens is 595 g/mol. The summed E-state index contributed by atoms with van der Waals surface area (Å²) < 4.78 is 11.8. The van der Waals surface area contributed by atoms with E-state index >= 15 is 0 Å². The third-order valence-electron chi connectivity index (χ3n) is 7.88. The Bertz CT molecular complexity index is 1950. The van der Waals surface area contributed by atoms with Gasteiger partial charge in [-0.3, -0.25) is 14.5 Å². The fourth-order valence-electron chi connectivity index (χ4n) is 5.77. The maximum atomic E-state index is 13.6. The highest BCUT2D eigenvalue weighted by Crippen LogP contribution is 2.45. The fraction of sp³-hybridized carbons (Fsp3) is 0.176. The number of amides is 1. The number of aromatic nitrogens is 2. The SMILES string of the molecule is COc1ccc(C2/C(=C(/O)c3ccc4c(c3)CC(C)O4)C(=O)C(=O)N2c2nnc(SCc3cccc4ccccc34)s2)cc1. The van der Waals surface area contributed by atoms with Gasteiger partial charge in [-0.15, -0.1) is 10.2 Å². The van der Waals surface area contributed by atoms with E-state index in [9.17, 15) is 14.7 Å². The van der Waals surface area contributed by atoms with Crippen LogP contribution in [0.3, 0.4) is 0 Å². The van der Waals surface area contributed by atoms with Crippen molar-refractivity contribution in [3.8, 4) is 11.5 Å². The van der Waals surface area contributed by atoms with Gasteiger partial charge in [-0.1, -0.05) is 77.7 Å². The number of methoxy groups -OCH3 is 1. The Morgan fingerprint density at radius 3 is 2.66 bits per heavy atom. The molecule has 10 heteroatoms. The summed E-state index contributed by atoms with van der Waals surface area (Å²) in [6, 6.07) is 25.9. The number of thioether (sulfide) groups is 1. The maximum Gasteiger partial charge on any atom is 0.301 e. The number of anilines is 1. The Morgan fingerprint density at radius 1 is 1.05 bits per heavy atom. The normalized spacial score (nSPS) is 18.9. The van der Waals surface area contributed by atoms with Crippen molar-refractivity contribution < 1.29 is 24.2 Å². The summed E-state index contributed by atoms with van der Waals surface area (Å²) in [5.74, 6) is 0.243. The van der Waals surface area contributed by atoms with Gasteiger partial charge in [0.25, 0.3) is 5.78 Å². The summed E-state index contributed by atoms with van der Waals surface area (Å²) in [7, 11) is 1.57. The van der Waals surface area contributed by atoms with Crippen LogP contribution >= 0.6 is 23.1 Å². The van der Waals surface area contributed by atoms with Crippen LogP contribution in [0.2, 0.25) is 0 Å². The van der Waals surface area contributed by atoms with Crippen LogP contribution in [0.4, 0.5) is 5.13 Å². The Labute approximate surface area is 262 Å². The zero-order chi connectivity index (χ0) is 30.4. The minimum absolute atomic E-state index is 0.00719. The average Bonchev–Trinajstić information content (AvgIpc) is 3.74. The lowest BCUT2D eigenvalue weighted by Gasteiger charge is -2.22. The lowest BCUT2D eigenvalue weighted by Crippen LogP contribution is -2.29. The van der Waals surface area contributed by atoms with Gasteiger partial charge >= 0.3 is 5.91 Å². The highest BCUT2D eigenvalue weighted by molar-refractivity contribution is 8.00. The van der Waals surface area contributed by atoms with Crippen molar-refractivity contribution in [3.05, 3.63) is 113 Å². The molecule has 5 aromatic rings. The third-order valence-corrected chi connectivity index (χ3v) is 9.98. The van der Waals surface area contributed by atoms with E-state index < -0.39 is 17.7 Å². The number of Topliss-reactive ketones (excluding diaryl/α,β-unsaturated/α-hetero) is 1. The molecule has 0 saturated carbocycles. The average molecular weight is 622 g/mol. The van der Waals surface area contributed by atoms with Crippen molar-refractivity contribution >= 4 is 56.5 Å². The number of rotatable bonds is 7. The lowest BCUT2D eigenvalue weighted by atomic mass is 9.94. The number of nitrogens with zero attached hydrogens (tertiary/aromatic N) is 3. The Balaban J connectivity index is 1.25. The van der Waals surface area contributed by atoms with Gasteiger partial charge < -0.3 is 14.6 Å². The van der Waals surface area contributed by atoms with Crippen molar-refractivity contribution in [3.63, 3.8) is 0 Å². The summed E-state index contributed by atoms with van der Waals surface area (Å²) in [6.07, 6.45) is 0.717. The molecule has 2 atom stereocenters. The molecule has 2 unspecified atom stereocenters. The molecule has 4 aromatic carbocycles. The molecule has 1 N–H and O–H groups in total. The van der Waals surface area contributed by atoms with Crippen LogP contribution in [0.1, 0.15) is 35.2 Å². The molecule has 8 nitrogen and oxygen atoms in total. The zero-order valence-electron chi connectivity index (χ0n) is 23.9. The van der Waals surface area contributed by atoms with E-state index in [1.807, 2.05) is 31.2 Å². The number of carbonyl (C=O) groups excluding carboxylic acids is 2. The van der Waals surface area contributed by atoms with Crippen LogP contribution < -0.4 is 14.4 Å². The number of fused-ring (bicyclic) bond motifs is 2. The second-order valence-corrected chi connectivity index (χ2v) is 12.9. The predicted molar refractivity (Wildman–Crippen MR) is 171 cm³/mol. The molecular formula is C34H27N3O5S2. The molecule has 0 aliphatic carbocycles. The molecule has 1 aromatic heterocycles. The third kappa shape index (κ3) is 4.99. The maximum absolute atomic E-state index is 13.6. The number of benzene rings is 4. The van der Waals surface area contributed by atoms with Crippen molar-refractivity contribution in [2.75, 3.05) is 12.0 Å². The molecule has 1 amide bonds. The number of ketones is 1. The first-order chi connectivity index (χ1) is 21.4. The lowest BCUT2D eigenvalue weighted by molar-refractivity contribution is -0.132. The number of hydrogen-bond donors (Lipinski definition) is 1. The van der Waals surface area contributed by atoms with Crippen LogP contribution in [-0.2, 0) is 21.8 Å². The predicted octanol–water partition coefficient (Wildman–Crippen LogP) is 6.94. The highest BCUT2D eigenvalue weighted by atomic mass is 32.2. The summed E-state index contributed by atoms with van der Waals surface area (Å²) >= 11 is 2.76. The minimum Gasteiger partial charge on any atom is -0.507 e. The number of hydrogen-bond acceptors (Lipinski definition) is 9. The van der Waals surface area contributed by atoms with Gasteiger partial charge in [0.15, 0.2) is 4.34 Å². The van der Waals surface area contributed by atoms with Crippen molar-refractivity contribution in [1.29, 1.82) is 0 Å². The van der Waals surface area contributed by atoms with Crippen molar-refractivity contribution in [1.82, 2.24) is 10.2 Å². The number of ether oxygens (including phenoxy) is 2. The first-order valence-electron chi connectivity index (χ1n) is 14.1. The largest absolute Gasteiger partial charge is 0.507 e. The molecule has 220 valence electrons. The molecule has 44 heavy (non-hydrogen) atoms. The molecule has 2 aliphatic heterocycles. The van der Waals surface area contributed by atoms with Gasteiger partial charge in [-0.2, -0.15) is 0 Å². The first kappa shape index (κ1) is 28.1. The molecule has 0 radical (unpaired) electrons. The van der Waals surface area contributed by atoms with Gasteiger partial charge in [-0.05, 0) is 64.7 Å². The number of carbonyl (C=O) groups is 2. The quantitative estimate of drug-likeness (QED) is 0.0686. The summed E-state index contributed by atoms with van der Waals surface area (Å²) in [4.78, 5) is 28.6. The monoisotopic (exact) mass is 621 g/mol. The van der Waals surface area contributed by atoms with Gasteiger partial charge in [0.05, 0.1) is 18.7 Å². The second-order valence-electron chi connectivity index (χ2n) is 10.7. The van der Waals surface area contributed by atoms with E-state index in [1.165, 1.54) is 33.4 Å².